The number of nitrogens with zero attached hydrogens (tertiary/aromatic N) is 2. The van der Waals surface area contributed by atoms with Crippen molar-refractivity contribution in [2.45, 2.75) is 58.3 Å². The summed E-state index contributed by atoms with van der Waals surface area (Å²) in [5.41, 5.74) is 7.78. The zero-order valence-corrected chi connectivity index (χ0v) is 24.9. The van der Waals surface area contributed by atoms with Crippen LogP contribution in [0.15, 0.2) is 66.9 Å². The van der Waals surface area contributed by atoms with Crippen LogP contribution in [0.4, 0.5) is 0 Å². The monoisotopic (exact) mass is 575 g/mol. The van der Waals surface area contributed by atoms with Gasteiger partial charge in [0.2, 0.25) is 0 Å². The first-order chi connectivity index (χ1) is 19.4. The largest absolute Gasteiger partial charge is 0.487 e. The number of piperidine rings is 1. The minimum Gasteiger partial charge on any atom is -0.487 e. The average molecular weight is 576 g/mol. The van der Waals surface area contributed by atoms with E-state index in [0.717, 1.165) is 59.8 Å². The minimum atomic E-state index is -1.15. The SMILES string of the molecule is CC(C)(Oc1ccc2c(c1)C(=CCCN1CCC(O)(c3ccc(Cl)cc3)C(C)(C)C1)c1cccnc1CO2)C(N)=O. The molecule has 8 heteroatoms. The molecule has 7 nitrogen and oxygen atoms in total. The van der Waals surface area contributed by atoms with Gasteiger partial charge in [0.05, 0.1) is 11.3 Å². The number of pyridine rings is 1. The van der Waals surface area contributed by atoms with Crippen molar-refractivity contribution in [3.63, 3.8) is 0 Å². The fourth-order valence-corrected chi connectivity index (χ4v) is 5.96. The normalized spacial score (nSPS) is 21.4. The van der Waals surface area contributed by atoms with Crippen LogP contribution >= 0.6 is 11.6 Å². The maximum absolute atomic E-state index is 11.9. The number of primary amides is 1. The summed E-state index contributed by atoms with van der Waals surface area (Å²) in [6.45, 7) is 10.3. The van der Waals surface area contributed by atoms with E-state index in [0.29, 0.717) is 23.8 Å². The molecular formula is C33H38ClN3O4. The van der Waals surface area contributed by atoms with Gasteiger partial charge in [0.25, 0.3) is 5.91 Å². The Morgan fingerprint density at radius 3 is 2.66 bits per heavy atom. The smallest absolute Gasteiger partial charge is 0.261 e. The number of amides is 1. The Morgan fingerprint density at radius 2 is 1.95 bits per heavy atom. The number of hydrogen-bond donors (Lipinski definition) is 2. The van der Waals surface area contributed by atoms with E-state index in [4.69, 9.17) is 26.8 Å². The standard InChI is InChI=1S/C33H38ClN3O4/c1-31(2)21-37(18-15-33(31,39)22-9-11-23(34)12-10-22)17-6-8-25-26-7-5-16-36-28(26)20-40-29-14-13-24(19-27(25)29)41-32(3,4)30(35)38/h5,7-14,16,19,39H,6,15,17-18,20-21H2,1-4H3,(H2,35,38). The van der Waals surface area contributed by atoms with Crippen LogP contribution in [0.2, 0.25) is 5.02 Å². The van der Waals surface area contributed by atoms with Gasteiger partial charge in [0, 0.05) is 47.4 Å². The van der Waals surface area contributed by atoms with Crippen LogP contribution in [-0.2, 0) is 17.0 Å². The second kappa shape index (κ2) is 11.1. The molecule has 1 saturated heterocycles. The summed E-state index contributed by atoms with van der Waals surface area (Å²) in [6, 6.07) is 17.1. The Morgan fingerprint density at radius 1 is 1.20 bits per heavy atom. The van der Waals surface area contributed by atoms with Crippen molar-refractivity contribution in [1.82, 2.24) is 9.88 Å². The van der Waals surface area contributed by atoms with Crippen LogP contribution in [0.1, 0.15) is 62.9 Å². The molecule has 0 aliphatic carbocycles. The third-order valence-electron chi connectivity index (χ3n) is 8.40. The number of rotatable bonds is 7. The van der Waals surface area contributed by atoms with Gasteiger partial charge in [-0.25, -0.2) is 0 Å². The zero-order valence-electron chi connectivity index (χ0n) is 24.1. The molecule has 216 valence electrons. The molecule has 0 radical (unpaired) electrons. The van der Waals surface area contributed by atoms with Gasteiger partial charge in [0.1, 0.15) is 18.1 Å². The van der Waals surface area contributed by atoms with Crippen LogP contribution in [0.3, 0.4) is 0 Å². The molecule has 0 spiro atoms. The number of aromatic nitrogens is 1. The molecule has 1 amide bonds. The van der Waals surface area contributed by atoms with E-state index >= 15 is 0 Å². The lowest BCUT2D eigenvalue weighted by Gasteiger charge is -2.50. The van der Waals surface area contributed by atoms with E-state index < -0.39 is 17.1 Å². The molecule has 3 N–H and O–H groups in total. The number of hydrogen-bond acceptors (Lipinski definition) is 6. The van der Waals surface area contributed by atoms with Gasteiger partial charge in [-0.1, -0.05) is 49.7 Å². The quantitative estimate of drug-likeness (QED) is 0.374. The highest BCUT2D eigenvalue weighted by atomic mass is 35.5. The Labute approximate surface area is 246 Å². The maximum atomic E-state index is 11.9. The molecule has 2 aliphatic rings. The van der Waals surface area contributed by atoms with Crippen molar-refractivity contribution in [3.8, 4) is 11.5 Å². The van der Waals surface area contributed by atoms with Crippen molar-refractivity contribution in [2.24, 2.45) is 11.1 Å². The van der Waals surface area contributed by atoms with Gasteiger partial charge in [-0.3, -0.25) is 9.78 Å². The highest BCUT2D eigenvalue weighted by Gasteiger charge is 2.48. The summed E-state index contributed by atoms with van der Waals surface area (Å²) < 4.78 is 12.1. The fraction of sp³-hybridized carbons (Fsp3) is 0.394. The summed E-state index contributed by atoms with van der Waals surface area (Å²) in [6.07, 6.45) is 5.43. The van der Waals surface area contributed by atoms with Gasteiger partial charge in [-0.05, 0) is 74.2 Å². The van der Waals surface area contributed by atoms with Crippen LogP contribution in [-0.4, -0.2) is 46.1 Å². The Kier molecular flexibility index (Phi) is 7.90. The lowest BCUT2D eigenvalue weighted by molar-refractivity contribution is -0.130. The molecule has 2 aliphatic heterocycles. The molecule has 1 unspecified atom stereocenters. The molecule has 1 fully saturated rings. The molecule has 0 bridgehead atoms. The highest BCUT2D eigenvalue weighted by Crippen LogP contribution is 2.46. The van der Waals surface area contributed by atoms with E-state index in [1.165, 1.54) is 0 Å². The first-order valence-electron chi connectivity index (χ1n) is 14.0. The molecule has 5 rings (SSSR count). The fourth-order valence-electron chi connectivity index (χ4n) is 5.83. The number of carbonyl (C=O) groups excluding carboxylic acids is 1. The van der Waals surface area contributed by atoms with Gasteiger partial charge in [-0.2, -0.15) is 0 Å². The van der Waals surface area contributed by atoms with Crippen LogP contribution in [0.5, 0.6) is 11.5 Å². The Bertz CT molecular complexity index is 1470. The van der Waals surface area contributed by atoms with Crippen LogP contribution < -0.4 is 15.2 Å². The van der Waals surface area contributed by atoms with Gasteiger partial charge in [0.15, 0.2) is 5.60 Å². The Hall–Kier alpha value is -3.39. The van der Waals surface area contributed by atoms with Crippen molar-refractivity contribution in [1.29, 1.82) is 0 Å². The molecule has 0 saturated carbocycles. The first kappa shape index (κ1) is 29.1. The van der Waals surface area contributed by atoms with Crippen LogP contribution in [0, 0.1) is 5.41 Å². The second-order valence-corrected chi connectivity index (χ2v) is 12.5. The van der Waals surface area contributed by atoms with Crippen molar-refractivity contribution >= 4 is 23.1 Å². The molecule has 1 aromatic heterocycles. The molecule has 3 heterocycles. The number of aliphatic hydroxyl groups is 1. The van der Waals surface area contributed by atoms with E-state index in [1.54, 1.807) is 26.1 Å². The first-order valence-corrected chi connectivity index (χ1v) is 14.4. The van der Waals surface area contributed by atoms with Gasteiger partial charge >= 0.3 is 0 Å². The molecular weight excluding hydrogens is 538 g/mol. The molecule has 41 heavy (non-hydrogen) atoms. The number of ether oxygens (including phenoxy) is 2. The molecule has 1 atom stereocenters. The molecule has 2 aromatic carbocycles. The lowest BCUT2D eigenvalue weighted by Crippen LogP contribution is -2.55. The second-order valence-electron chi connectivity index (χ2n) is 12.1. The number of likely N-dealkylation sites (tertiary alicyclic amines) is 1. The van der Waals surface area contributed by atoms with Gasteiger partial charge < -0.3 is 25.2 Å². The summed E-state index contributed by atoms with van der Waals surface area (Å²) in [4.78, 5) is 18.9. The third-order valence-corrected chi connectivity index (χ3v) is 8.65. The van der Waals surface area contributed by atoms with Crippen molar-refractivity contribution in [3.05, 3.63) is 94.3 Å². The number of halogens is 1. The van der Waals surface area contributed by atoms with Crippen molar-refractivity contribution < 1.29 is 19.4 Å². The van der Waals surface area contributed by atoms with E-state index in [9.17, 15) is 9.90 Å². The van der Waals surface area contributed by atoms with E-state index in [-0.39, 0.29) is 5.41 Å². The highest BCUT2D eigenvalue weighted by molar-refractivity contribution is 6.30. The summed E-state index contributed by atoms with van der Waals surface area (Å²) in [7, 11) is 0. The third kappa shape index (κ3) is 5.85. The predicted molar refractivity (Wildman–Crippen MR) is 161 cm³/mol. The molecule has 3 aromatic rings. The topological polar surface area (TPSA) is 97.9 Å². The van der Waals surface area contributed by atoms with E-state index in [2.05, 4.69) is 35.9 Å². The average Bonchev–Trinajstić information content (AvgIpc) is 3.07. The summed E-state index contributed by atoms with van der Waals surface area (Å²) >= 11 is 6.10. The number of nitrogens with two attached hydrogens (primary N) is 1. The lowest BCUT2D eigenvalue weighted by atomic mass is 9.66. The number of fused-ring (bicyclic) bond motifs is 2. The minimum absolute atomic E-state index is 0.356. The number of benzene rings is 2. The van der Waals surface area contributed by atoms with Gasteiger partial charge in [-0.15, -0.1) is 0 Å². The van der Waals surface area contributed by atoms with Crippen molar-refractivity contribution in [2.75, 3.05) is 19.6 Å². The summed E-state index contributed by atoms with van der Waals surface area (Å²) in [5, 5.41) is 12.4. The maximum Gasteiger partial charge on any atom is 0.261 e. The Balaban J connectivity index is 1.39. The van der Waals surface area contributed by atoms with E-state index in [1.807, 2.05) is 42.5 Å². The zero-order chi connectivity index (χ0) is 29.4. The summed E-state index contributed by atoms with van der Waals surface area (Å²) in [5.74, 6) is 0.723. The van der Waals surface area contributed by atoms with Crippen LogP contribution in [0.25, 0.3) is 5.57 Å². The number of carbonyl (C=O) groups is 1. The predicted octanol–water partition coefficient (Wildman–Crippen LogP) is 5.71.